The maximum absolute atomic E-state index is 8.75. The van der Waals surface area contributed by atoms with Gasteiger partial charge in [0.1, 0.15) is 0 Å². The molecule has 0 fully saturated rings. The topological polar surface area (TPSA) is 46.2 Å². The molecule has 118 valence electrons. The molecule has 20 heavy (non-hydrogen) atoms. The van der Waals surface area contributed by atoms with Crippen molar-refractivity contribution in [3.05, 3.63) is 24.3 Å². The van der Waals surface area contributed by atoms with Crippen LogP contribution in [0.5, 0.6) is 0 Å². The van der Waals surface area contributed by atoms with Gasteiger partial charge in [-0.1, -0.05) is 69.8 Å². The molecular weight excluding hydrogens is 246 g/mol. The summed E-state index contributed by atoms with van der Waals surface area (Å²) in [5.74, 6) is 0. The Bertz CT molecular complexity index is 236. The standard InChI is InChI=1S/C18H35NO/c1-2-3-4-5-6-7-8-9-10-11-12-13-14-15-16-18(19)17-20/h10-11,15-16,18,20H,2-9,12-14,17,19H2,1H3/b11-10+,16-15+. The van der Waals surface area contributed by atoms with Crippen molar-refractivity contribution in [1.82, 2.24) is 0 Å². The van der Waals surface area contributed by atoms with Crippen LogP contribution in [0, 0.1) is 0 Å². The zero-order valence-corrected chi connectivity index (χ0v) is 13.4. The number of aliphatic hydroxyl groups is 1. The fourth-order valence-corrected chi connectivity index (χ4v) is 2.14. The second-order valence-electron chi connectivity index (χ2n) is 5.59. The predicted octanol–water partition coefficient (Wildman–Crippen LogP) is 4.73. The molecule has 0 saturated heterocycles. The summed E-state index contributed by atoms with van der Waals surface area (Å²) < 4.78 is 0. The molecule has 0 radical (unpaired) electrons. The number of hydrogen-bond donors (Lipinski definition) is 2. The van der Waals surface area contributed by atoms with Crippen LogP contribution in [0.25, 0.3) is 0 Å². The Kier molecular flexibility index (Phi) is 16.0. The number of rotatable bonds is 14. The lowest BCUT2D eigenvalue weighted by Gasteiger charge is -1.99. The summed E-state index contributed by atoms with van der Waals surface area (Å²) in [6.45, 7) is 2.30. The molecule has 0 aliphatic heterocycles. The summed E-state index contributed by atoms with van der Waals surface area (Å²) in [7, 11) is 0. The van der Waals surface area contributed by atoms with E-state index in [2.05, 4.69) is 25.2 Å². The van der Waals surface area contributed by atoms with E-state index in [-0.39, 0.29) is 12.6 Å². The molecule has 0 aromatic heterocycles. The van der Waals surface area contributed by atoms with Gasteiger partial charge < -0.3 is 10.8 Å². The van der Waals surface area contributed by atoms with Gasteiger partial charge in [-0.25, -0.2) is 0 Å². The molecule has 0 bridgehead atoms. The van der Waals surface area contributed by atoms with E-state index in [1.54, 1.807) is 0 Å². The largest absolute Gasteiger partial charge is 0.394 e. The Hall–Kier alpha value is -0.600. The van der Waals surface area contributed by atoms with Crippen LogP contribution in [0.3, 0.4) is 0 Å². The average Bonchev–Trinajstić information content (AvgIpc) is 2.47. The first-order valence-electron chi connectivity index (χ1n) is 8.49. The number of unbranched alkanes of at least 4 members (excludes halogenated alkanes) is 9. The molecule has 2 heteroatoms. The fraction of sp³-hybridized carbons (Fsp3) is 0.778. The maximum Gasteiger partial charge on any atom is 0.0618 e. The van der Waals surface area contributed by atoms with Crippen molar-refractivity contribution >= 4 is 0 Å². The van der Waals surface area contributed by atoms with E-state index in [1.165, 1.54) is 57.8 Å². The van der Waals surface area contributed by atoms with Gasteiger partial charge >= 0.3 is 0 Å². The quantitative estimate of drug-likeness (QED) is 0.357. The smallest absolute Gasteiger partial charge is 0.0618 e. The third-order valence-corrected chi connectivity index (χ3v) is 3.48. The SMILES string of the molecule is CCCCCCCCC/C=C/CCC/C=C/C(N)CO. The van der Waals surface area contributed by atoms with Gasteiger partial charge in [0.15, 0.2) is 0 Å². The normalized spacial score (nSPS) is 13.6. The highest BCUT2D eigenvalue weighted by Crippen LogP contribution is 2.09. The summed E-state index contributed by atoms with van der Waals surface area (Å²) in [5.41, 5.74) is 5.57. The van der Waals surface area contributed by atoms with Crippen molar-refractivity contribution < 1.29 is 5.11 Å². The molecular formula is C18H35NO. The Labute approximate surface area is 126 Å². The molecule has 0 spiro atoms. The molecule has 3 N–H and O–H groups in total. The molecule has 0 rings (SSSR count). The van der Waals surface area contributed by atoms with Gasteiger partial charge in [0.25, 0.3) is 0 Å². The highest BCUT2D eigenvalue weighted by atomic mass is 16.3. The van der Waals surface area contributed by atoms with E-state index < -0.39 is 0 Å². The second-order valence-corrected chi connectivity index (χ2v) is 5.59. The minimum atomic E-state index is -0.192. The Balaban J connectivity index is 3.18. The third kappa shape index (κ3) is 15.5. The molecule has 0 aromatic rings. The van der Waals surface area contributed by atoms with Crippen molar-refractivity contribution in [2.24, 2.45) is 5.73 Å². The maximum atomic E-state index is 8.75. The van der Waals surface area contributed by atoms with Crippen LogP contribution in [0.4, 0.5) is 0 Å². The molecule has 1 atom stereocenters. The lowest BCUT2D eigenvalue weighted by molar-refractivity contribution is 0.284. The van der Waals surface area contributed by atoms with Crippen LogP contribution in [0.15, 0.2) is 24.3 Å². The van der Waals surface area contributed by atoms with Gasteiger partial charge in [0.05, 0.1) is 6.61 Å². The lowest BCUT2D eigenvalue weighted by Crippen LogP contribution is -2.20. The lowest BCUT2D eigenvalue weighted by atomic mass is 10.1. The van der Waals surface area contributed by atoms with Crippen molar-refractivity contribution in [2.75, 3.05) is 6.61 Å². The summed E-state index contributed by atoms with van der Waals surface area (Å²) in [5, 5.41) is 8.75. The van der Waals surface area contributed by atoms with Crippen molar-refractivity contribution in [1.29, 1.82) is 0 Å². The number of allylic oxidation sites excluding steroid dienone is 3. The highest BCUT2D eigenvalue weighted by molar-refractivity contribution is 4.91. The molecule has 0 saturated carbocycles. The Morgan fingerprint density at radius 3 is 2.00 bits per heavy atom. The first kappa shape index (κ1) is 19.4. The van der Waals surface area contributed by atoms with Crippen molar-refractivity contribution in [3.63, 3.8) is 0 Å². The van der Waals surface area contributed by atoms with Crippen molar-refractivity contribution in [2.45, 2.75) is 83.6 Å². The van der Waals surface area contributed by atoms with Crippen LogP contribution >= 0.6 is 0 Å². The Morgan fingerprint density at radius 1 is 0.800 bits per heavy atom. The summed E-state index contributed by atoms with van der Waals surface area (Å²) in [4.78, 5) is 0. The highest BCUT2D eigenvalue weighted by Gasteiger charge is 1.91. The number of nitrogens with two attached hydrogens (primary N) is 1. The number of aliphatic hydroxyl groups excluding tert-OH is 1. The summed E-state index contributed by atoms with van der Waals surface area (Å²) in [6.07, 6.45) is 22.9. The van der Waals surface area contributed by atoms with E-state index in [0.717, 1.165) is 12.8 Å². The van der Waals surface area contributed by atoms with Gasteiger partial charge in [-0.05, 0) is 32.1 Å². The molecule has 0 heterocycles. The van der Waals surface area contributed by atoms with E-state index in [9.17, 15) is 0 Å². The van der Waals surface area contributed by atoms with Gasteiger partial charge in [-0.3, -0.25) is 0 Å². The number of hydrogen-bond acceptors (Lipinski definition) is 2. The van der Waals surface area contributed by atoms with Gasteiger partial charge in [0, 0.05) is 6.04 Å². The van der Waals surface area contributed by atoms with E-state index in [1.807, 2.05) is 6.08 Å². The van der Waals surface area contributed by atoms with Gasteiger partial charge in [-0.2, -0.15) is 0 Å². The molecule has 0 aliphatic rings. The first-order valence-corrected chi connectivity index (χ1v) is 8.49. The van der Waals surface area contributed by atoms with Crippen molar-refractivity contribution in [3.8, 4) is 0 Å². The fourth-order valence-electron chi connectivity index (χ4n) is 2.14. The van der Waals surface area contributed by atoms with Crippen LogP contribution < -0.4 is 5.73 Å². The first-order chi connectivity index (χ1) is 9.81. The van der Waals surface area contributed by atoms with Crippen LogP contribution in [-0.2, 0) is 0 Å². The van der Waals surface area contributed by atoms with Crippen LogP contribution in [-0.4, -0.2) is 17.8 Å². The minimum Gasteiger partial charge on any atom is -0.394 e. The average molecular weight is 281 g/mol. The molecule has 0 aromatic carbocycles. The van der Waals surface area contributed by atoms with Gasteiger partial charge in [-0.15, -0.1) is 0 Å². The third-order valence-electron chi connectivity index (χ3n) is 3.48. The van der Waals surface area contributed by atoms with E-state index >= 15 is 0 Å². The molecule has 0 amide bonds. The molecule has 1 unspecified atom stereocenters. The van der Waals surface area contributed by atoms with Crippen LogP contribution in [0.2, 0.25) is 0 Å². The zero-order chi connectivity index (χ0) is 14.9. The van der Waals surface area contributed by atoms with E-state index in [4.69, 9.17) is 10.8 Å². The van der Waals surface area contributed by atoms with Crippen LogP contribution in [0.1, 0.15) is 77.6 Å². The molecule has 2 nitrogen and oxygen atoms in total. The summed E-state index contributed by atoms with van der Waals surface area (Å²) >= 11 is 0. The molecule has 0 aliphatic carbocycles. The summed E-state index contributed by atoms with van der Waals surface area (Å²) in [6, 6.07) is -0.192. The zero-order valence-electron chi connectivity index (χ0n) is 13.4. The Morgan fingerprint density at radius 2 is 1.35 bits per heavy atom. The minimum absolute atomic E-state index is 0.0366. The van der Waals surface area contributed by atoms with Gasteiger partial charge in [0.2, 0.25) is 0 Å². The second kappa shape index (κ2) is 16.5. The van der Waals surface area contributed by atoms with E-state index in [0.29, 0.717) is 0 Å². The predicted molar refractivity (Wildman–Crippen MR) is 89.8 cm³/mol. The monoisotopic (exact) mass is 281 g/mol.